The van der Waals surface area contributed by atoms with Gasteiger partial charge in [-0.3, -0.25) is 4.99 Å². The average molecular weight is 680 g/mol. The molecule has 3 aromatic carbocycles. The van der Waals surface area contributed by atoms with Gasteiger partial charge in [-0.15, -0.1) is 11.6 Å². The van der Waals surface area contributed by atoms with Crippen molar-refractivity contribution in [3.05, 3.63) is 125 Å². The van der Waals surface area contributed by atoms with Gasteiger partial charge >= 0.3 is 0 Å². The van der Waals surface area contributed by atoms with E-state index < -0.39 is 0 Å². The first-order valence-electron chi connectivity index (χ1n) is 16.5. The molecule has 0 unspecified atom stereocenters. The minimum Gasteiger partial charge on any atom is -0.496 e. The fourth-order valence-corrected chi connectivity index (χ4v) is 4.84. The maximum absolute atomic E-state index is 5.98. The zero-order valence-corrected chi connectivity index (χ0v) is 30.3. The van der Waals surface area contributed by atoms with Crippen LogP contribution >= 0.6 is 23.2 Å². The summed E-state index contributed by atoms with van der Waals surface area (Å²) in [6.45, 7) is 15.2. The molecule has 0 saturated carbocycles. The highest BCUT2D eigenvalue weighted by Gasteiger charge is 2.08. The molecular formula is C40H52Cl2N2O3. The highest BCUT2D eigenvalue weighted by molar-refractivity contribution is 6.30. The van der Waals surface area contributed by atoms with E-state index >= 15 is 0 Å². The molecule has 47 heavy (non-hydrogen) atoms. The maximum atomic E-state index is 5.98. The van der Waals surface area contributed by atoms with Crippen LogP contribution in [-0.4, -0.2) is 55.9 Å². The lowest BCUT2D eigenvalue weighted by Crippen LogP contribution is -2.25. The Hall–Kier alpha value is -3.51. The van der Waals surface area contributed by atoms with Crippen LogP contribution in [0.25, 0.3) is 5.70 Å². The van der Waals surface area contributed by atoms with Gasteiger partial charge < -0.3 is 19.1 Å². The second-order valence-corrected chi connectivity index (χ2v) is 11.4. The van der Waals surface area contributed by atoms with Gasteiger partial charge in [-0.2, -0.15) is 0 Å². The van der Waals surface area contributed by atoms with Gasteiger partial charge in [0, 0.05) is 35.9 Å². The van der Waals surface area contributed by atoms with Crippen molar-refractivity contribution in [2.75, 3.05) is 45.3 Å². The van der Waals surface area contributed by atoms with Gasteiger partial charge in [-0.25, -0.2) is 0 Å². The van der Waals surface area contributed by atoms with Gasteiger partial charge in [0.15, 0.2) is 0 Å². The standard InChI is InChI=1S/C36H45ClN2O3.C4H7Cl/c1-5-24-40-28-33(27-30-12-18-34(19-13-30)41-25-9-23-39(7-3)8-4)38-36(6-2)31-14-20-35(21-15-31)42-26-22-29-10-16-32(37)17-11-29;1-2-3-4-5/h5-6,10-21,24H,7-9,22-23,25-28H2,1-4H3;2-3H,4H2,1H3/b24-5+,36-6-,38-33?;3-2-. The molecule has 0 aromatic heterocycles. The number of aliphatic imine (C=N–C) groups is 1. The van der Waals surface area contributed by atoms with Crippen LogP contribution in [0.1, 0.15) is 57.7 Å². The Morgan fingerprint density at radius 2 is 1.40 bits per heavy atom. The van der Waals surface area contributed by atoms with Crippen molar-refractivity contribution in [3.8, 4) is 11.5 Å². The maximum Gasteiger partial charge on any atom is 0.126 e. The van der Waals surface area contributed by atoms with Crippen LogP contribution < -0.4 is 9.47 Å². The molecule has 0 saturated heterocycles. The number of benzene rings is 3. The lowest BCUT2D eigenvalue weighted by molar-refractivity contribution is 0.249. The van der Waals surface area contributed by atoms with Crippen molar-refractivity contribution < 1.29 is 14.2 Å². The predicted octanol–water partition coefficient (Wildman–Crippen LogP) is 10.5. The minimum absolute atomic E-state index is 0.414. The zero-order valence-electron chi connectivity index (χ0n) is 28.8. The Kier molecular flexibility index (Phi) is 20.8. The molecule has 0 aliphatic heterocycles. The first-order chi connectivity index (χ1) is 23.0. The zero-order chi connectivity index (χ0) is 34.1. The third-order valence-electron chi connectivity index (χ3n) is 7.20. The second kappa shape index (κ2) is 24.6. The normalized spacial score (nSPS) is 12.0. The molecule has 0 heterocycles. The topological polar surface area (TPSA) is 43.3 Å². The third kappa shape index (κ3) is 16.7. The fraction of sp³-hybridized carbons (Fsp3) is 0.375. The molecule has 7 heteroatoms. The molecule has 0 amide bonds. The number of hydrogen-bond acceptors (Lipinski definition) is 5. The van der Waals surface area contributed by atoms with E-state index in [9.17, 15) is 0 Å². The number of hydrogen-bond donors (Lipinski definition) is 0. The Labute approximate surface area is 293 Å². The van der Waals surface area contributed by atoms with Crippen LogP contribution in [0.3, 0.4) is 0 Å². The van der Waals surface area contributed by atoms with Gasteiger partial charge in [0.05, 0.1) is 30.9 Å². The molecule has 0 aliphatic rings. The largest absolute Gasteiger partial charge is 0.496 e. The van der Waals surface area contributed by atoms with Crippen LogP contribution in [0.4, 0.5) is 0 Å². The van der Waals surface area contributed by atoms with Gasteiger partial charge in [0.25, 0.3) is 0 Å². The summed E-state index contributed by atoms with van der Waals surface area (Å²) >= 11 is 11.2. The number of halogens is 2. The van der Waals surface area contributed by atoms with E-state index in [1.807, 2.05) is 106 Å². The number of nitrogens with zero attached hydrogens (tertiary/aromatic N) is 2. The summed E-state index contributed by atoms with van der Waals surface area (Å²) in [6, 6.07) is 24.2. The lowest BCUT2D eigenvalue weighted by atomic mass is 10.1. The van der Waals surface area contributed by atoms with E-state index in [0.717, 1.165) is 78.1 Å². The van der Waals surface area contributed by atoms with Crippen molar-refractivity contribution in [1.82, 2.24) is 4.90 Å². The van der Waals surface area contributed by atoms with E-state index in [1.165, 1.54) is 5.56 Å². The van der Waals surface area contributed by atoms with Crippen LogP contribution in [0.5, 0.6) is 11.5 Å². The van der Waals surface area contributed by atoms with Crippen molar-refractivity contribution in [3.63, 3.8) is 0 Å². The number of rotatable bonds is 19. The molecule has 0 fully saturated rings. The van der Waals surface area contributed by atoms with Gasteiger partial charge in [0.2, 0.25) is 0 Å². The SMILES string of the molecule is C/C=C(\N=C(CO/C=C/C)Cc1ccc(OCCCN(CC)CC)cc1)c1ccc(OCCc2ccc(Cl)cc2)cc1.C/C=C\CCl. The molecule has 0 bridgehead atoms. The molecule has 254 valence electrons. The molecule has 0 aliphatic carbocycles. The first-order valence-corrected chi connectivity index (χ1v) is 17.4. The highest BCUT2D eigenvalue weighted by Crippen LogP contribution is 2.22. The second-order valence-electron chi connectivity index (χ2n) is 10.7. The van der Waals surface area contributed by atoms with Crippen LogP contribution in [0, 0.1) is 0 Å². The molecule has 3 aromatic rings. The van der Waals surface area contributed by atoms with E-state index in [-0.39, 0.29) is 0 Å². The Morgan fingerprint density at radius 1 is 0.787 bits per heavy atom. The first kappa shape index (κ1) is 39.7. The van der Waals surface area contributed by atoms with Crippen molar-refractivity contribution >= 4 is 34.6 Å². The summed E-state index contributed by atoms with van der Waals surface area (Å²) in [5.41, 5.74) is 5.22. The summed E-state index contributed by atoms with van der Waals surface area (Å²) in [4.78, 5) is 7.43. The average Bonchev–Trinajstić information content (AvgIpc) is 3.10. The number of ether oxygens (including phenoxy) is 3. The molecule has 0 radical (unpaired) electrons. The van der Waals surface area contributed by atoms with E-state index in [0.29, 0.717) is 25.5 Å². The third-order valence-corrected chi connectivity index (χ3v) is 7.63. The van der Waals surface area contributed by atoms with E-state index in [4.69, 9.17) is 42.4 Å². The molecule has 0 spiro atoms. The van der Waals surface area contributed by atoms with Crippen molar-refractivity contribution in [1.29, 1.82) is 0 Å². The monoisotopic (exact) mass is 678 g/mol. The summed E-state index contributed by atoms with van der Waals surface area (Å²) < 4.78 is 17.7. The summed E-state index contributed by atoms with van der Waals surface area (Å²) in [7, 11) is 0. The Morgan fingerprint density at radius 3 is 1.96 bits per heavy atom. The lowest BCUT2D eigenvalue weighted by Gasteiger charge is -2.17. The van der Waals surface area contributed by atoms with Crippen molar-refractivity contribution in [2.24, 2.45) is 4.99 Å². The highest BCUT2D eigenvalue weighted by atomic mass is 35.5. The van der Waals surface area contributed by atoms with Gasteiger partial charge in [0.1, 0.15) is 18.1 Å². The van der Waals surface area contributed by atoms with E-state index in [2.05, 4.69) is 30.9 Å². The smallest absolute Gasteiger partial charge is 0.126 e. The van der Waals surface area contributed by atoms with Crippen molar-refractivity contribution in [2.45, 2.75) is 53.9 Å². The predicted molar refractivity (Wildman–Crippen MR) is 203 cm³/mol. The number of allylic oxidation sites excluding steroid dienone is 4. The summed E-state index contributed by atoms with van der Waals surface area (Å²) in [5.74, 6) is 2.36. The molecule has 0 N–H and O–H groups in total. The fourth-order valence-electron chi connectivity index (χ4n) is 4.54. The molecule has 0 atom stereocenters. The molecule has 5 nitrogen and oxygen atoms in total. The minimum atomic E-state index is 0.414. The molecular weight excluding hydrogens is 627 g/mol. The van der Waals surface area contributed by atoms with Gasteiger partial charge in [-0.05, 0) is 99.9 Å². The Balaban J connectivity index is 0.00000142. The van der Waals surface area contributed by atoms with Crippen LogP contribution in [-0.2, 0) is 17.6 Å². The molecule has 3 rings (SSSR count). The van der Waals surface area contributed by atoms with Gasteiger partial charge in [-0.1, -0.05) is 74.0 Å². The quantitative estimate of drug-likeness (QED) is 0.0416. The summed E-state index contributed by atoms with van der Waals surface area (Å²) in [5, 5.41) is 0.745. The van der Waals surface area contributed by atoms with Crippen LogP contribution in [0.2, 0.25) is 5.02 Å². The Bertz CT molecular complexity index is 1360. The summed E-state index contributed by atoms with van der Waals surface area (Å²) in [6.07, 6.45) is 12.0. The van der Waals surface area contributed by atoms with E-state index in [1.54, 1.807) is 6.26 Å². The van der Waals surface area contributed by atoms with Crippen LogP contribution in [0.15, 0.2) is 108 Å². The number of alkyl halides is 1.